The smallest absolute Gasteiger partial charge is 0.257 e. The molecule has 0 radical (unpaired) electrons. The SMILES string of the molecule is O=C(NCc1ccccc1F)c1cccnc1Oc1cc(Cl)ccc1Cl. The zero-order valence-corrected chi connectivity index (χ0v) is 14.9. The molecule has 2 aromatic carbocycles. The van der Waals surface area contributed by atoms with Gasteiger partial charge in [-0.15, -0.1) is 0 Å². The van der Waals surface area contributed by atoms with Crippen molar-refractivity contribution in [1.29, 1.82) is 0 Å². The van der Waals surface area contributed by atoms with Crippen molar-refractivity contribution in [3.63, 3.8) is 0 Å². The fourth-order valence-corrected chi connectivity index (χ4v) is 2.54. The first kappa shape index (κ1) is 18.2. The number of rotatable bonds is 5. The van der Waals surface area contributed by atoms with Gasteiger partial charge in [-0.2, -0.15) is 0 Å². The van der Waals surface area contributed by atoms with Gasteiger partial charge in [0.15, 0.2) is 0 Å². The molecule has 1 heterocycles. The predicted molar refractivity (Wildman–Crippen MR) is 98.3 cm³/mol. The fourth-order valence-electron chi connectivity index (χ4n) is 2.22. The Morgan fingerprint density at radius 2 is 1.92 bits per heavy atom. The molecule has 0 spiro atoms. The molecule has 26 heavy (non-hydrogen) atoms. The number of hydrogen-bond acceptors (Lipinski definition) is 3. The Morgan fingerprint density at radius 1 is 1.12 bits per heavy atom. The lowest BCUT2D eigenvalue weighted by atomic mass is 10.2. The van der Waals surface area contributed by atoms with Crippen molar-refractivity contribution >= 4 is 29.1 Å². The van der Waals surface area contributed by atoms with Crippen molar-refractivity contribution in [2.24, 2.45) is 0 Å². The minimum absolute atomic E-state index is 0.0394. The molecule has 7 heteroatoms. The molecule has 1 amide bonds. The molecule has 1 N–H and O–H groups in total. The Morgan fingerprint density at radius 3 is 2.73 bits per heavy atom. The van der Waals surface area contributed by atoms with E-state index in [0.29, 0.717) is 15.6 Å². The second kappa shape index (κ2) is 8.17. The van der Waals surface area contributed by atoms with Crippen LogP contribution in [0.1, 0.15) is 15.9 Å². The Balaban J connectivity index is 1.79. The third kappa shape index (κ3) is 4.31. The van der Waals surface area contributed by atoms with Crippen molar-refractivity contribution in [3.8, 4) is 11.6 Å². The first-order valence-electron chi connectivity index (χ1n) is 7.64. The fraction of sp³-hybridized carbons (Fsp3) is 0.0526. The number of hydrogen-bond donors (Lipinski definition) is 1. The highest BCUT2D eigenvalue weighted by atomic mass is 35.5. The summed E-state index contributed by atoms with van der Waals surface area (Å²) in [6, 6.07) is 14.1. The lowest BCUT2D eigenvalue weighted by Gasteiger charge is -2.11. The molecule has 1 aromatic heterocycles. The lowest BCUT2D eigenvalue weighted by molar-refractivity contribution is 0.0947. The first-order chi connectivity index (χ1) is 12.5. The van der Waals surface area contributed by atoms with E-state index in [0.717, 1.165) is 0 Å². The van der Waals surface area contributed by atoms with Crippen LogP contribution in [-0.2, 0) is 6.54 Å². The monoisotopic (exact) mass is 390 g/mol. The van der Waals surface area contributed by atoms with E-state index in [4.69, 9.17) is 27.9 Å². The van der Waals surface area contributed by atoms with Crippen LogP contribution < -0.4 is 10.1 Å². The van der Waals surface area contributed by atoms with E-state index in [1.807, 2.05) is 0 Å². The van der Waals surface area contributed by atoms with Gasteiger partial charge in [0.2, 0.25) is 5.88 Å². The average Bonchev–Trinajstić information content (AvgIpc) is 2.64. The molecular weight excluding hydrogens is 378 g/mol. The highest BCUT2D eigenvalue weighted by molar-refractivity contribution is 6.34. The molecule has 4 nitrogen and oxygen atoms in total. The summed E-state index contributed by atoms with van der Waals surface area (Å²) in [5.41, 5.74) is 0.574. The van der Waals surface area contributed by atoms with Gasteiger partial charge in [-0.05, 0) is 30.3 Å². The van der Waals surface area contributed by atoms with Gasteiger partial charge in [0, 0.05) is 29.4 Å². The van der Waals surface area contributed by atoms with E-state index in [-0.39, 0.29) is 29.6 Å². The van der Waals surface area contributed by atoms with Crippen LogP contribution in [0.5, 0.6) is 11.6 Å². The largest absolute Gasteiger partial charge is 0.437 e. The average molecular weight is 391 g/mol. The van der Waals surface area contributed by atoms with E-state index in [2.05, 4.69) is 10.3 Å². The van der Waals surface area contributed by atoms with Gasteiger partial charge >= 0.3 is 0 Å². The van der Waals surface area contributed by atoms with Crippen LogP contribution >= 0.6 is 23.2 Å². The van der Waals surface area contributed by atoms with Crippen LogP contribution in [-0.4, -0.2) is 10.9 Å². The number of pyridine rings is 1. The highest BCUT2D eigenvalue weighted by Gasteiger charge is 2.16. The van der Waals surface area contributed by atoms with Gasteiger partial charge in [0.1, 0.15) is 17.1 Å². The lowest BCUT2D eigenvalue weighted by Crippen LogP contribution is -2.24. The van der Waals surface area contributed by atoms with Crippen LogP contribution in [0.25, 0.3) is 0 Å². The van der Waals surface area contributed by atoms with Crippen LogP contribution in [0, 0.1) is 5.82 Å². The first-order valence-corrected chi connectivity index (χ1v) is 8.39. The topological polar surface area (TPSA) is 51.2 Å². The van der Waals surface area contributed by atoms with Crippen molar-refractivity contribution < 1.29 is 13.9 Å². The van der Waals surface area contributed by atoms with Crippen LogP contribution in [0.4, 0.5) is 4.39 Å². The molecule has 3 rings (SSSR count). The van der Waals surface area contributed by atoms with E-state index in [1.54, 1.807) is 42.5 Å². The maximum Gasteiger partial charge on any atom is 0.257 e. The van der Waals surface area contributed by atoms with Crippen LogP contribution in [0.3, 0.4) is 0 Å². The quantitative estimate of drug-likeness (QED) is 0.646. The highest BCUT2D eigenvalue weighted by Crippen LogP contribution is 2.32. The molecule has 0 aliphatic carbocycles. The number of carbonyl (C=O) groups excluding carboxylic acids is 1. The van der Waals surface area contributed by atoms with Gasteiger partial charge in [0.05, 0.1) is 5.02 Å². The normalized spacial score (nSPS) is 10.4. The molecule has 0 saturated heterocycles. The number of benzene rings is 2. The summed E-state index contributed by atoms with van der Waals surface area (Å²) in [5, 5.41) is 3.42. The van der Waals surface area contributed by atoms with Gasteiger partial charge in [-0.1, -0.05) is 41.4 Å². The molecule has 3 aromatic rings. The summed E-state index contributed by atoms with van der Waals surface area (Å²) in [6.45, 7) is 0.0394. The number of nitrogens with one attached hydrogen (secondary N) is 1. The molecule has 0 bridgehead atoms. The number of nitrogens with zero attached hydrogens (tertiary/aromatic N) is 1. The number of amides is 1. The Labute approximate surface area is 159 Å². The van der Waals surface area contributed by atoms with Gasteiger partial charge < -0.3 is 10.1 Å². The molecule has 0 atom stereocenters. The Bertz CT molecular complexity index is 950. The molecule has 0 aliphatic heterocycles. The third-order valence-corrected chi connectivity index (χ3v) is 4.06. The van der Waals surface area contributed by atoms with Crippen molar-refractivity contribution in [3.05, 3.63) is 87.8 Å². The van der Waals surface area contributed by atoms with E-state index >= 15 is 0 Å². The maximum absolute atomic E-state index is 13.7. The number of halogens is 3. The summed E-state index contributed by atoms with van der Waals surface area (Å²) >= 11 is 12.0. The molecule has 0 unspecified atom stereocenters. The zero-order valence-electron chi connectivity index (χ0n) is 13.4. The van der Waals surface area contributed by atoms with E-state index in [9.17, 15) is 9.18 Å². The van der Waals surface area contributed by atoms with Crippen LogP contribution in [0.15, 0.2) is 60.8 Å². The molecule has 0 fully saturated rings. The van der Waals surface area contributed by atoms with Crippen molar-refractivity contribution in [2.75, 3.05) is 0 Å². The number of carbonyl (C=O) groups is 1. The molecule has 0 saturated carbocycles. The molecular formula is C19H13Cl2FN2O2. The second-order valence-corrected chi connectivity index (χ2v) is 6.15. The Hall–Kier alpha value is -2.63. The minimum atomic E-state index is -0.450. The van der Waals surface area contributed by atoms with Crippen LogP contribution in [0.2, 0.25) is 10.0 Å². The number of ether oxygens (including phenoxy) is 1. The zero-order chi connectivity index (χ0) is 18.5. The van der Waals surface area contributed by atoms with Gasteiger partial charge in [-0.25, -0.2) is 9.37 Å². The van der Waals surface area contributed by atoms with E-state index < -0.39 is 5.91 Å². The minimum Gasteiger partial charge on any atom is -0.437 e. The summed E-state index contributed by atoms with van der Waals surface area (Å²) in [4.78, 5) is 16.6. The molecule has 132 valence electrons. The second-order valence-electron chi connectivity index (χ2n) is 5.31. The summed E-state index contributed by atoms with van der Waals surface area (Å²) < 4.78 is 19.3. The predicted octanol–water partition coefficient (Wildman–Crippen LogP) is 5.25. The van der Waals surface area contributed by atoms with Crippen molar-refractivity contribution in [2.45, 2.75) is 6.54 Å². The summed E-state index contributed by atoms with van der Waals surface area (Å²) in [7, 11) is 0. The summed E-state index contributed by atoms with van der Waals surface area (Å²) in [6.07, 6.45) is 1.49. The van der Waals surface area contributed by atoms with Gasteiger partial charge in [-0.3, -0.25) is 4.79 Å². The van der Waals surface area contributed by atoms with Gasteiger partial charge in [0.25, 0.3) is 5.91 Å². The van der Waals surface area contributed by atoms with Crippen molar-refractivity contribution in [1.82, 2.24) is 10.3 Å². The summed E-state index contributed by atoms with van der Waals surface area (Å²) in [5.74, 6) is -0.487. The molecule has 0 aliphatic rings. The maximum atomic E-state index is 13.7. The standard InChI is InChI=1S/C19H13Cl2FN2O2/c20-13-7-8-15(21)17(10-13)26-19-14(5-3-9-23-19)18(25)24-11-12-4-1-2-6-16(12)22/h1-10H,11H2,(H,24,25). The Kier molecular flexibility index (Phi) is 5.71. The third-order valence-electron chi connectivity index (χ3n) is 3.51. The van der Waals surface area contributed by atoms with E-state index in [1.165, 1.54) is 18.3 Å². The number of aromatic nitrogens is 1.